The Morgan fingerprint density at radius 3 is 1.28 bits per heavy atom. The van der Waals surface area contributed by atoms with Gasteiger partial charge >= 0.3 is 0 Å². The minimum absolute atomic E-state index is 0.0115. The number of rotatable bonds is 7. The zero-order chi connectivity index (χ0) is 23.1. The molecule has 0 aliphatic rings. The number of carbonyl (C=O) groups excluding carboxylic acids is 2. The molecular weight excluding hydrogens is 432 g/mol. The molecule has 160 valence electrons. The van der Waals surface area contributed by atoms with E-state index in [2.05, 4.69) is 49.6 Å². The van der Waals surface area contributed by atoms with Crippen molar-refractivity contribution < 1.29 is 9.59 Å². The van der Waals surface area contributed by atoms with Crippen molar-refractivity contribution in [2.75, 3.05) is 0 Å². The lowest BCUT2D eigenvalue weighted by Crippen LogP contribution is -1.90. The van der Waals surface area contributed by atoms with Crippen LogP contribution in [0.3, 0.4) is 0 Å². The fourth-order valence-corrected chi connectivity index (χ4v) is 4.05. The maximum Gasteiger partial charge on any atom is 0.219 e. The minimum atomic E-state index is -0.0119. The van der Waals surface area contributed by atoms with Crippen molar-refractivity contribution in [1.29, 1.82) is 0 Å². The Balaban J connectivity index is 1.62. The van der Waals surface area contributed by atoms with Crippen molar-refractivity contribution >= 4 is 45.9 Å². The topological polar surface area (TPSA) is 34.1 Å². The first-order valence-electron chi connectivity index (χ1n) is 10.1. The summed E-state index contributed by atoms with van der Waals surface area (Å²) < 4.78 is 0. The molecule has 3 aromatic carbocycles. The van der Waals surface area contributed by atoms with Gasteiger partial charge in [0.25, 0.3) is 0 Å². The van der Waals surface area contributed by atoms with Crippen LogP contribution in [0.1, 0.15) is 25.0 Å². The summed E-state index contributed by atoms with van der Waals surface area (Å²) in [7, 11) is 0. The van der Waals surface area contributed by atoms with Gasteiger partial charge in [0.05, 0.1) is 0 Å². The van der Waals surface area contributed by atoms with Gasteiger partial charge in [0.1, 0.15) is 0 Å². The van der Waals surface area contributed by atoms with E-state index < -0.39 is 0 Å². The van der Waals surface area contributed by atoms with Crippen LogP contribution in [0.4, 0.5) is 0 Å². The molecule has 0 N–H and O–H groups in total. The van der Waals surface area contributed by atoms with Crippen molar-refractivity contribution in [3.8, 4) is 11.1 Å². The van der Waals surface area contributed by atoms with Crippen molar-refractivity contribution in [2.45, 2.75) is 23.6 Å². The summed E-state index contributed by atoms with van der Waals surface area (Å²) in [4.78, 5) is 25.4. The molecule has 0 aliphatic heterocycles. The number of thioether (sulfide) groups is 2. The van der Waals surface area contributed by atoms with E-state index >= 15 is 0 Å². The van der Waals surface area contributed by atoms with Crippen molar-refractivity contribution in [3.63, 3.8) is 0 Å². The highest BCUT2D eigenvalue weighted by atomic mass is 32.2. The summed E-state index contributed by atoms with van der Waals surface area (Å²) in [6.45, 7) is 10.8. The van der Waals surface area contributed by atoms with Crippen LogP contribution in [-0.2, 0) is 9.59 Å². The summed E-state index contributed by atoms with van der Waals surface area (Å²) in [5.74, 6) is 0. The van der Waals surface area contributed by atoms with E-state index in [0.717, 1.165) is 32.0 Å². The van der Waals surface area contributed by atoms with Gasteiger partial charge < -0.3 is 0 Å². The van der Waals surface area contributed by atoms with Crippen LogP contribution in [0.5, 0.6) is 0 Å². The average Bonchev–Trinajstić information content (AvgIpc) is 2.79. The third-order valence-corrected chi connectivity index (χ3v) is 6.65. The van der Waals surface area contributed by atoms with E-state index in [1.54, 1.807) is 13.8 Å². The first-order valence-corrected chi connectivity index (χ1v) is 11.7. The van der Waals surface area contributed by atoms with Crippen LogP contribution < -0.4 is 0 Å². The van der Waals surface area contributed by atoms with Crippen LogP contribution >= 0.6 is 23.5 Å². The van der Waals surface area contributed by atoms with Gasteiger partial charge in [-0.2, -0.15) is 0 Å². The Hall–Kier alpha value is -3.08. The van der Waals surface area contributed by atoms with E-state index in [1.807, 2.05) is 48.5 Å². The molecule has 0 unspecified atom stereocenters. The van der Waals surface area contributed by atoms with E-state index in [4.69, 9.17) is 0 Å². The number of hydrogen-bond acceptors (Lipinski definition) is 4. The third-order valence-electron chi connectivity index (χ3n) is 4.56. The normalized spacial score (nSPS) is 10.8. The maximum absolute atomic E-state index is 11.8. The molecule has 32 heavy (non-hydrogen) atoms. The highest BCUT2D eigenvalue weighted by Crippen LogP contribution is 2.27. The highest BCUT2D eigenvalue weighted by Gasteiger charge is 2.06. The summed E-state index contributed by atoms with van der Waals surface area (Å²) in [6.07, 6.45) is 4.11. The van der Waals surface area contributed by atoms with Gasteiger partial charge in [0, 0.05) is 9.79 Å². The molecule has 0 saturated heterocycles. The SMILES string of the molecule is C=C(C)C(=O)Sc1ccc(/C=C/c2ccc(-c3ccc(SC(=O)C(=C)C)cc3)cc2)cc1. The van der Waals surface area contributed by atoms with Gasteiger partial charge in [-0.05, 0) is 95.0 Å². The van der Waals surface area contributed by atoms with Crippen LogP contribution in [-0.4, -0.2) is 10.2 Å². The van der Waals surface area contributed by atoms with Gasteiger partial charge in [0.15, 0.2) is 0 Å². The van der Waals surface area contributed by atoms with Gasteiger partial charge in [-0.1, -0.05) is 73.8 Å². The Morgan fingerprint density at radius 2 is 0.906 bits per heavy atom. The number of carbonyl (C=O) groups is 2. The van der Waals surface area contributed by atoms with Crippen LogP contribution in [0, 0.1) is 0 Å². The standard InChI is InChI=1S/C28H24O2S2/c1-19(2)27(29)31-25-15-9-22(10-16-25)6-5-21-7-11-23(12-8-21)24-13-17-26(18-14-24)32-28(30)20(3)4/h5-18H,1,3H2,2,4H3/b6-5+. The lowest BCUT2D eigenvalue weighted by Gasteiger charge is -2.05. The molecule has 2 nitrogen and oxygen atoms in total. The quantitative estimate of drug-likeness (QED) is 0.205. The molecule has 0 spiro atoms. The molecule has 0 bridgehead atoms. The zero-order valence-electron chi connectivity index (χ0n) is 18.1. The summed E-state index contributed by atoms with van der Waals surface area (Å²) in [5, 5.41) is -0.0234. The predicted octanol–water partition coefficient (Wildman–Crippen LogP) is 7.91. The van der Waals surface area contributed by atoms with Crippen LogP contribution in [0.15, 0.2) is 107 Å². The first kappa shape index (κ1) is 23.6. The molecular formula is C28H24O2S2. The minimum Gasteiger partial charge on any atom is -0.282 e. The zero-order valence-corrected chi connectivity index (χ0v) is 19.8. The van der Waals surface area contributed by atoms with Crippen LogP contribution in [0.2, 0.25) is 0 Å². The fraction of sp³-hybridized carbons (Fsp3) is 0.0714. The van der Waals surface area contributed by atoms with E-state index in [9.17, 15) is 9.59 Å². The van der Waals surface area contributed by atoms with Gasteiger partial charge in [-0.15, -0.1) is 0 Å². The molecule has 0 radical (unpaired) electrons. The number of benzene rings is 3. The van der Waals surface area contributed by atoms with E-state index in [-0.39, 0.29) is 10.2 Å². The monoisotopic (exact) mass is 456 g/mol. The average molecular weight is 457 g/mol. The van der Waals surface area contributed by atoms with Gasteiger partial charge in [-0.25, -0.2) is 0 Å². The Morgan fingerprint density at radius 1 is 0.594 bits per heavy atom. The second-order valence-corrected chi connectivity index (χ2v) is 9.48. The lowest BCUT2D eigenvalue weighted by atomic mass is 10.0. The molecule has 0 fully saturated rings. The highest BCUT2D eigenvalue weighted by molar-refractivity contribution is 8.14. The first-order chi connectivity index (χ1) is 15.3. The molecule has 0 aromatic heterocycles. The molecule has 4 heteroatoms. The predicted molar refractivity (Wildman–Crippen MR) is 139 cm³/mol. The van der Waals surface area contributed by atoms with Crippen molar-refractivity contribution in [2.24, 2.45) is 0 Å². The van der Waals surface area contributed by atoms with E-state index in [0.29, 0.717) is 11.1 Å². The fourth-order valence-electron chi connectivity index (χ4n) is 2.73. The van der Waals surface area contributed by atoms with Gasteiger partial charge in [-0.3, -0.25) is 9.59 Å². The molecule has 3 rings (SSSR count). The second kappa shape index (κ2) is 11.0. The Kier molecular flexibility index (Phi) is 8.09. The molecule has 0 saturated carbocycles. The largest absolute Gasteiger partial charge is 0.282 e. The molecule has 0 atom stereocenters. The summed E-state index contributed by atoms with van der Waals surface area (Å²) >= 11 is 2.39. The molecule has 3 aromatic rings. The van der Waals surface area contributed by atoms with E-state index in [1.165, 1.54) is 23.5 Å². The Bertz CT molecular complexity index is 1170. The Labute approximate surface area is 198 Å². The summed E-state index contributed by atoms with van der Waals surface area (Å²) in [5.41, 5.74) is 5.49. The number of hydrogen-bond donors (Lipinski definition) is 0. The molecule has 0 amide bonds. The van der Waals surface area contributed by atoms with Crippen molar-refractivity contribution in [3.05, 3.63) is 108 Å². The molecule has 0 heterocycles. The summed E-state index contributed by atoms with van der Waals surface area (Å²) in [6, 6.07) is 24.2. The second-order valence-electron chi connectivity index (χ2n) is 7.39. The van der Waals surface area contributed by atoms with Crippen molar-refractivity contribution in [1.82, 2.24) is 0 Å². The van der Waals surface area contributed by atoms with Gasteiger partial charge in [0.2, 0.25) is 10.2 Å². The lowest BCUT2D eigenvalue weighted by molar-refractivity contribution is -0.108. The third kappa shape index (κ3) is 6.71. The maximum atomic E-state index is 11.8. The smallest absolute Gasteiger partial charge is 0.219 e. The molecule has 0 aliphatic carbocycles. The van der Waals surface area contributed by atoms with Crippen LogP contribution in [0.25, 0.3) is 23.3 Å².